The van der Waals surface area contributed by atoms with Crippen molar-refractivity contribution in [1.29, 1.82) is 0 Å². The van der Waals surface area contributed by atoms with Crippen LogP contribution in [0.25, 0.3) is 0 Å². The van der Waals surface area contributed by atoms with E-state index in [1.165, 1.54) is 13.1 Å². The van der Waals surface area contributed by atoms with E-state index in [2.05, 4.69) is 33.5 Å². The van der Waals surface area contributed by atoms with E-state index in [0.717, 1.165) is 17.7 Å². The first-order chi connectivity index (χ1) is 7.16. The van der Waals surface area contributed by atoms with E-state index in [4.69, 9.17) is 0 Å². The zero-order chi connectivity index (χ0) is 10.6. The fourth-order valence-corrected chi connectivity index (χ4v) is 2.85. The van der Waals surface area contributed by atoms with Crippen molar-refractivity contribution in [3.05, 3.63) is 12.2 Å². The molecule has 4 nitrogen and oxygen atoms in total. The van der Waals surface area contributed by atoms with Gasteiger partial charge in [0.25, 0.3) is 0 Å². The van der Waals surface area contributed by atoms with Crippen LogP contribution >= 0.6 is 0 Å². The Labute approximate surface area is 90.3 Å². The summed E-state index contributed by atoms with van der Waals surface area (Å²) in [5.41, 5.74) is 0. The number of aromatic nitrogens is 3. The summed E-state index contributed by atoms with van der Waals surface area (Å²) in [5.74, 6) is 2.54. The number of piperidine rings is 1. The molecule has 1 saturated carbocycles. The second-order valence-electron chi connectivity index (χ2n) is 5.14. The minimum absolute atomic E-state index is 0.640. The average molecular weight is 206 g/mol. The van der Waals surface area contributed by atoms with E-state index < -0.39 is 0 Å². The normalized spacial score (nSPS) is 34.8. The minimum atomic E-state index is 0.640. The van der Waals surface area contributed by atoms with Crippen LogP contribution in [0.1, 0.15) is 25.7 Å². The molecule has 1 aliphatic carbocycles. The molecule has 0 aromatic carbocycles. The Hall–Kier alpha value is -0.900. The number of nitrogens with zero attached hydrogens (tertiary/aromatic N) is 4. The highest BCUT2D eigenvalue weighted by atomic mass is 15.4. The van der Waals surface area contributed by atoms with Gasteiger partial charge in [0.2, 0.25) is 0 Å². The lowest BCUT2D eigenvalue weighted by molar-refractivity contribution is 0.231. The summed E-state index contributed by atoms with van der Waals surface area (Å²) in [6.45, 7) is 8.99. The predicted octanol–water partition coefficient (Wildman–Crippen LogP) is 1.10. The maximum Gasteiger partial charge on any atom is 0.147 e. The molecule has 82 valence electrons. The van der Waals surface area contributed by atoms with Gasteiger partial charge in [0, 0.05) is 31.0 Å². The predicted molar refractivity (Wildman–Crippen MR) is 57.5 cm³/mol. The van der Waals surface area contributed by atoms with Crippen LogP contribution in [-0.4, -0.2) is 38.8 Å². The van der Waals surface area contributed by atoms with Gasteiger partial charge < -0.3 is 4.90 Å². The van der Waals surface area contributed by atoms with Crippen LogP contribution in [0.5, 0.6) is 0 Å². The molecule has 1 aliphatic heterocycles. The van der Waals surface area contributed by atoms with Crippen LogP contribution in [0.4, 0.5) is 0 Å². The van der Waals surface area contributed by atoms with Gasteiger partial charge in [0.05, 0.1) is 6.04 Å². The summed E-state index contributed by atoms with van der Waals surface area (Å²) in [5, 5.41) is 4.41. The molecule has 0 bridgehead atoms. The Morgan fingerprint density at radius 3 is 2.47 bits per heavy atom. The zero-order valence-corrected chi connectivity index (χ0v) is 9.59. The molecule has 0 radical (unpaired) electrons. The molecule has 0 N–H and O–H groups in total. The van der Waals surface area contributed by atoms with E-state index in [1.807, 2.05) is 13.3 Å². The molecule has 1 aromatic heterocycles. The van der Waals surface area contributed by atoms with Gasteiger partial charge in [-0.25, -0.2) is 9.67 Å². The van der Waals surface area contributed by atoms with E-state index in [-0.39, 0.29) is 0 Å². The summed E-state index contributed by atoms with van der Waals surface area (Å²) in [6.07, 6.45) is 1.89. The fraction of sp³-hybridized carbons (Fsp3) is 0.818. The molecule has 0 spiro atoms. The van der Waals surface area contributed by atoms with Crippen LogP contribution in [0, 0.1) is 18.8 Å². The highest BCUT2D eigenvalue weighted by Gasteiger charge is 2.57. The molecule has 15 heavy (non-hydrogen) atoms. The number of likely N-dealkylation sites (tertiary alicyclic amines) is 1. The SMILES string of the molecule is Cc1ncn(C2C3CN(C(C)C)CC32)n1. The lowest BCUT2D eigenvalue weighted by Gasteiger charge is -2.23. The number of hydrogen-bond acceptors (Lipinski definition) is 3. The molecule has 1 aromatic rings. The fourth-order valence-electron chi connectivity index (χ4n) is 2.85. The van der Waals surface area contributed by atoms with Crippen molar-refractivity contribution in [3.8, 4) is 0 Å². The van der Waals surface area contributed by atoms with Crippen molar-refractivity contribution >= 4 is 0 Å². The summed E-state index contributed by atoms with van der Waals surface area (Å²) in [6, 6.07) is 1.33. The van der Waals surface area contributed by atoms with Crippen molar-refractivity contribution in [2.45, 2.75) is 32.9 Å². The second kappa shape index (κ2) is 3.04. The zero-order valence-electron chi connectivity index (χ0n) is 9.59. The smallest absolute Gasteiger partial charge is 0.147 e. The minimum Gasteiger partial charge on any atom is -0.300 e. The maximum atomic E-state index is 4.41. The molecule has 2 unspecified atom stereocenters. The third kappa shape index (κ3) is 1.39. The Morgan fingerprint density at radius 2 is 2.00 bits per heavy atom. The van der Waals surface area contributed by atoms with E-state index >= 15 is 0 Å². The van der Waals surface area contributed by atoms with Crippen LogP contribution in [0.2, 0.25) is 0 Å². The topological polar surface area (TPSA) is 34.0 Å². The molecular formula is C11H18N4. The van der Waals surface area contributed by atoms with Gasteiger partial charge >= 0.3 is 0 Å². The third-order valence-corrected chi connectivity index (χ3v) is 3.84. The van der Waals surface area contributed by atoms with E-state index in [1.54, 1.807) is 0 Å². The molecule has 3 rings (SSSR count). The largest absolute Gasteiger partial charge is 0.300 e. The Kier molecular flexibility index (Phi) is 1.89. The average Bonchev–Trinajstić information content (AvgIpc) is 2.62. The Morgan fingerprint density at radius 1 is 1.33 bits per heavy atom. The molecular weight excluding hydrogens is 188 g/mol. The van der Waals surface area contributed by atoms with Gasteiger partial charge in [-0.3, -0.25) is 0 Å². The molecule has 2 aliphatic rings. The first-order valence-corrected chi connectivity index (χ1v) is 5.78. The van der Waals surface area contributed by atoms with Crippen molar-refractivity contribution in [1.82, 2.24) is 19.7 Å². The number of hydrogen-bond donors (Lipinski definition) is 0. The van der Waals surface area contributed by atoms with Gasteiger partial charge in [-0.1, -0.05) is 0 Å². The molecule has 1 saturated heterocycles. The van der Waals surface area contributed by atoms with Gasteiger partial charge in [0.15, 0.2) is 0 Å². The van der Waals surface area contributed by atoms with Crippen molar-refractivity contribution in [2.75, 3.05) is 13.1 Å². The first-order valence-electron chi connectivity index (χ1n) is 5.78. The van der Waals surface area contributed by atoms with Gasteiger partial charge in [-0.05, 0) is 20.8 Å². The Balaban J connectivity index is 1.68. The molecule has 2 atom stereocenters. The summed E-state index contributed by atoms with van der Waals surface area (Å²) in [4.78, 5) is 6.76. The van der Waals surface area contributed by atoms with Crippen molar-refractivity contribution < 1.29 is 0 Å². The van der Waals surface area contributed by atoms with Gasteiger partial charge in [-0.2, -0.15) is 5.10 Å². The molecule has 2 fully saturated rings. The summed E-state index contributed by atoms with van der Waals surface area (Å²) in [7, 11) is 0. The second-order valence-corrected chi connectivity index (χ2v) is 5.14. The van der Waals surface area contributed by atoms with Gasteiger partial charge in [-0.15, -0.1) is 0 Å². The van der Waals surface area contributed by atoms with Gasteiger partial charge in [0.1, 0.15) is 12.2 Å². The summed E-state index contributed by atoms with van der Waals surface area (Å²) < 4.78 is 2.07. The van der Waals surface area contributed by atoms with Crippen LogP contribution in [-0.2, 0) is 0 Å². The Bertz CT molecular complexity index is 358. The maximum absolute atomic E-state index is 4.41. The standard InChI is InChI=1S/C11H18N4/c1-7(2)14-4-9-10(5-14)11(9)15-6-12-8(3)13-15/h6-7,9-11H,4-5H2,1-3H3. The van der Waals surface area contributed by atoms with Crippen LogP contribution < -0.4 is 0 Å². The number of aryl methyl sites for hydroxylation is 1. The monoisotopic (exact) mass is 206 g/mol. The van der Waals surface area contributed by atoms with E-state index in [9.17, 15) is 0 Å². The summed E-state index contributed by atoms with van der Waals surface area (Å²) >= 11 is 0. The highest BCUT2D eigenvalue weighted by Crippen LogP contribution is 2.55. The molecule has 0 amide bonds. The third-order valence-electron chi connectivity index (χ3n) is 3.84. The van der Waals surface area contributed by atoms with E-state index in [0.29, 0.717) is 12.1 Å². The molecule has 2 heterocycles. The lowest BCUT2D eigenvalue weighted by atomic mass is 10.3. The number of fused-ring (bicyclic) bond motifs is 1. The lowest BCUT2D eigenvalue weighted by Crippen LogP contribution is -2.31. The molecule has 4 heteroatoms. The van der Waals surface area contributed by atoms with Crippen molar-refractivity contribution in [3.63, 3.8) is 0 Å². The number of rotatable bonds is 2. The van der Waals surface area contributed by atoms with Crippen LogP contribution in [0.3, 0.4) is 0 Å². The van der Waals surface area contributed by atoms with Crippen LogP contribution in [0.15, 0.2) is 6.33 Å². The highest BCUT2D eigenvalue weighted by molar-refractivity contribution is 5.08. The van der Waals surface area contributed by atoms with Crippen molar-refractivity contribution in [2.24, 2.45) is 11.8 Å². The first kappa shape index (κ1) is 9.33. The quantitative estimate of drug-likeness (QED) is 0.726.